The number of nitrogens with one attached hydrogen (secondary N) is 1. The van der Waals surface area contributed by atoms with Gasteiger partial charge in [-0.15, -0.1) is 0 Å². The Labute approximate surface area is 98.9 Å². The van der Waals surface area contributed by atoms with Gasteiger partial charge in [0.05, 0.1) is 11.5 Å². The van der Waals surface area contributed by atoms with Crippen LogP contribution in [0.15, 0.2) is 0 Å². The first-order chi connectivity index (χ1) is 7.57. The van der Waals surface area contributed by atoms with E-state index in [2.05, 4.69) is 12.2 Å². The van der Waals surface area contributed by atoms with Crippen molar-refractivity contribution in [2.45, 2.75) is 57.5 Å². The molecule has 4 heteroatoms. The fourth-order valence-electron chi connectivity index (χ4n) is 2.92. The molecular formula is C12H23NO2S. The Morgan fingerprint density at radius 1 is 1.00 bits per heavy atom. The van der Waals surface area contributed by atoms with Crippen LogP contribution in [0.3, 0.4) is 0 Å². The lowest BCUT2D eigenvalue weighted by Crippen LogP contribution is -2.46. The van der Waals surface area contributed by atoms with Crippen molar-refractivity contribution in [2.75, 3.05) is 11.5 Å². The lowest BCUT2D eigenvalue weighted by Gasteiger charge is -2.34. The summed E-state index contributed by atoms with van der Waals surface area (Å²) in [5.74, 6) is 1.52. The molecule has 0 radical (unpaired) electrons. The highest BCUT2D eigenvalue weighted by molar-refractivity contribution is 7.91. The fraction of sp³-hybridized carbons (Fsp3) is 1.00. The van der Waals surface area contributed by atoms with Crippen LogP contribution in [0.1, 0.15) is 45.4 Å². The molecule has 0 bridgehead atoms. The summed E-state index contributed by atoms with van der Waals surface area (Å²) < 4.78 is 22.6. The zero-order valence-electron chi connectivity index (χ0n) is 10.1. The lowest BCUT2D eigenvalue weighted by molar-refractivity contribution is 0.251. The number of hydrogen-bond donors (Lipinski definition) is 1. The fourth-order valence-corrected chi connectivity index (χ4v) is 4.41. The quantitative estimate of drug-likeness (QED) is 0.806. The summed E-state index contributed by atoms with van der Waals surface area (Å²) in [5.41, 5.74) is 0. The number of sulfone groups is 1. The Morgan fingerprint density at radius 2 is 1.62 bits per heavy atom. The second-order valence-electron chi connectivity index (χ2n) is 5.46. The van der Waals surface area contributed by atoms with Crippen LogP contribution >= 0.6 is 0 Å². The van der Waals surface area contributed by atoms with Crippen molar-refractivity contribution < 1.29 is 8.42 Å². The van der Waals surface area contributed by atoms with Gasteiger partial charge in [-0.2, -0.15) is 0 Å². The molecule has 94 valence electrons. The summed E-state index contributed by atoms with van der Waals surface area (Å²) >= 11 is 0. The van der Waals surface area contributed by atoms with Gasteiger partial charge in [0.15, 0.2) is 0 Å². The van der Waals surface area contributed by atoms with Crippen molar-refractivity contribution >= 4 is 9.84 Å². The zero-order chi connectivity index (χ0) is 11.6. The van der Waals surface area contributed by atoms with Gasteiger partial charge < -0.3 is 5.32 Å². The van der Waals surface area contributed by atoms with E-state index in [0.29, 0.717) is 23.6 Å². The molecule has 1 saturated carbocycles. The molecule has 1 heterocycles. The van der Waals surface area contributed by atoms with E-state index in [0.717, 1.165) is 18.8 Å². The van der Waals surface area contributed by atoms with Crippen LogP contribution in [0, 0.1) is 5.92 Å². The van der Waals surface area contributed by atoms with Crippen LogP contribution in [0.4, 0.5) is 0 Å². The van der Waals surface area contributed by atoms with E-state index >= 15 is 0 Å². The molecule has 2 aliphatic rings. The SMILES string of the molecule is CC1CCCCC1NC1CCS(=O)(=O)CC1. The van der Waals surface area contributed by atoms with Gasteiger partial charge in [-0.1, -0.05) is 19.8 Å². The lowest BCUT2D eigenvalue weighted by atomic mass is 9.85. The zero-order valence-corrected chi connectivity index (χ0v) is 10.9. The molecule has 0 amide bonds. The summed E-state index contributed by atoms with van der Waals surface area (Å²) in [7, 11) is -2.71. The van der Waals surface area contributed by atoms with Crippen molar-refractivity contribution in [1.82, 2.24) is 5.32 Å². The predicted octanol–water partition coefficient (Wildman–Crippen LogP) is 1.73. The van der Waals surface area contributed by atoms with E-state index in [4.69, 9.17) is 0 Å². The molecule has 2 unspecified atom stereocenters. The first-order valence-electron chi connectivity index (χ1n) is 6.53. The van der Waals surface area contributed by atoms with Crippen LogP contribution in [0.2, 0.25) is 0 Å². The highest BCUT2D eigenvalue weighted by Gasteiger charge is 2.28. The van der Waals surface area contributed by atoms with Crippen molar-refractivity contribution in [2.24, 2.45) is 5.92 Å². The van der Waals surface area contributed by atoms with Crippen molar-refractivity contribution in [3.8, 4) is 0 Å². The first kappa shape index (κ1) is 12.4. The molecule has 3 nitrogen and oxygen atoms in total. The third-order valence-corrected chi connectivity index (χ3v) is 5.83. The monoisotopic (exact) mass is 245 g/mol. The summed E-state index contributed by atoms with van der Waals surface area (Å²) in [6.07, 6.45) is 6.90. The Kier molecular flexibility index (Phi) is 3.90. The first-order valence-corrected chi connectivity index (χ1v) is 8.35. The van der Waals surface area contributed by atoms with Gasteiger partial charge in [-0.05, 0) is 31.6 Å². The van der Waals surface area contributed by atoms with Gasteiger partial charge in [0.2, 0.25) is 0 Å². The normalized spacial score (nSPS) is 36.1. The van der Waals surface area contributed by atoms with Gasteiger partial charge in [0.1, 0.15) is 9.84 Å². The van der Waals surface area contributed by atoms with Crippen molar-refractivity contribution in [3.05, 3.63) is 0 Å². The molecule has 0 spiro atoms. The minimum absolute atomic E-state index is 0.381. The van der Waals surface area contributed by atoms with Gasteiger partial charge in [0, 0.05) is 12.1 Å². The molecule has 0 aromatic carbocycles. The van der Waals surface area contributed by atoms with Crippen LogP contribution in [-0.2, 0) is 9.84 Å². The number of rotatable bonds is 2. The van der Waals surface area contributed by atoms with E-state index in [1.54, 1.807) is 0 Å². The van der Waals surface area contributed by atoms with E-state index in [-0.39, 0.29) is 0 Å². The molecular weight excluding hydrogens is 222 g/mol. The van der Waals surface area contributed by atoms with E-state index in [1.165, 1.54) is 25.7 Å². The van der Waals surface area contributed by atoms with Gasteiger partial charge in [-0.3, -0.25) is 0 Å². The molecule has 16 heavy (non-hydrogen) atoms. The molecule has 2 fully saturated rings. The van der Waals surface area contributed by atoms with Gasteiger partial charge >= 0.3 is 0 Å². The maximum absolute atomic E-state index is 11.3. The summed E-state index contributed by atoms with van der Waals surface area (Å²) in [6, 6.07) is 1.06. The smallest absolute Gasteiger partial charge is 0.150 e. The average molecular weight is 245 g/mol. The highest BCUT2D eigenvalue weighted by Crippen LogP contribution is 2.25. The number of hydrogen-bond acceptors (Lipinski definition) is 3. The summed E-state index contributed by atoms with van der Waals surface area (Å²) in [6.45, 7) is 2.32. The van der Waals surface area contributed by atoms with E-state index in [9.17, 15) is 8.42 Å². The molecule has 0 aromatic rings. The van der Waals surface area contributed by atoms with Crippen LogP contribution in [0.5, 0.6) is 0 Å². The topological polar surface area (TPSA) is 46.2 Å². The maximum Gasteiger partial charge on any atom is 0.150 e. The van der Waals surface area contributed by atoms with Crippen molar-refractivity contribution in [3.63, 3.8) is 0 Å². The molecule has 2 rings (SSSR count). The van der Waals surface area contributed by atoms with E-state index in [1.807, 2.05) is 0 Å². The molecule has 2 atom stereocenters. The third-order valence-electron chi connectivity index (χ3n) is 4.12. The Balaban J connectivity index is 1.82. The summed E-state index contributed by atoms with van der Waals surface area (Å²) in [5, 5.41) is 3.68. The van der Waals surface area contributed by atoms with Gasteiger partial charge in [0.25, 0.3) is 0 Å². The molecule has 0 aromatic heterocycles. The third kappa shape index (κ3) is 3.20. The Hall–Kier alpha value is -0.0900. The maximum atomic E-state index is 11.3. The average Bonchev–Trinajstić information content (AvgIpc) is 2.24. The minimum atomic E-state index is -2.71. The molecule has 1 N–H and O–H groups in total. The standard InChI is InChI=1S/C12H23NO2S/c1-10-4-2-3-5-12(10)13-11-6-8-16(14,15)9-7-11/h10-13H,2-9H2,1H3. The van der Waals surface area contributed by atoms with Crippen LogP contribution in [-0.4, -0.2) is 32.0 Å². The van der Waals surface area contributed by atoms with Crippen LogP contribution in [0.25, 0.3) is 0 Å². The van der Waals surface area contributed by atoms with Crippen LogP contribution < -0.4 is 5.32 Å². The predicted molar refractivity (Wildman–Crippen MR) is 66.2 cm³/mol. The molecule has 1 saturated heterocycles. The molecule has 1 aliphatic heterocycles. The Bertz CT molecular complexity index is 312. The van der Waals surface area contributed by atoms with E-state index < -0.39 is 9.84 Å². The van der Waals surface area contributed by atoms with Gasteiger partial charge in [-0.25, -0.2) is 8.42 Å². The second-order valence-corrected chi connectivity index (χ2v) is 7.76. The minimum Gasteiger partial charge on any atom is -0.311 e. The molecule has 1 aliphatic carbocycles. The summed E-state index contributed by atoms with van der Waals surface area (Å²) in [4.78, 5) is 0. The van der Waals surface area contributed by atoms with Crippen molar-refractivity contribution in [1.29, 1.82) is 0 Å². The highest BCUT2D eigenvalue weighted by atomic mass is 32.2. The largest absolute Gasteiger partial charge is 0.311 e. The second kappa shape index (κ2) is 5.05. The Morgan fingerprint density at radius 3 is 2.25 bits per heavy atom.